The SMILES string of the molecule is CC1(C)CCC(S(=O)c2ccc(F)c(F)c2)C1N. The van der Waals surface area contributed by atoms with Crippen LogP contribution < -0.4 is 5.73 Å². The van der Waals surface area contributed by atoms with Crippen LogP contribution in [-0.2, 0) is 10.8 Å². The Morgan fingerprint density at radius 2 is 2.00 bits per heavy atom. The van der Waals surface area contributed by atoms with Crippen LogP contribution in [0.25, 0.3) is 0 Å². The summed E-state index contributed by atoms with van der Waals surface area (Å²) in [5, 5.41) is -0.190. The van der Waals surface area contributed by atoms with Crippen molar-refractivity contribution in [3.8, 4) is 0 Å². The molecule has 2 N–H and O–H groups in total. The van der Waals surface area contributed by atoms with Crippen LogP contribution in [0.1, 0.15) is 26.7 Å². The van der Waals surface area contributed by atoms with Gasteiger partial charge in [-0.05, 0) is 36.5 Å². The average molecular weight is 273 g/mol. The van der Waals surface area contributed by atoms with Crippen LogP contribution in [0.3, 0.4) is 0 Å². The summed E-state index contributed by atoms with van der Waals surface area (Å²) in [5.74, 6) is -1.89. The van der Waals surface area contributed by atoms with Crippen LogP contribution in [0.15, 0.2) is 23.1 Å². The number of hydrogen-bond donors (Lipinski definition) is 1. The Balaban J connectivity index is 2.25. The quantitative estimate of drug-likeness (QED) is 0.900. The second-order valence-electron chi connectivity index (χ2n) is 5.46. The summed E-state index contributed by atoms with van der Waals surface area (Å²) in [5.41, 5.74) is 6.05. The highest BCUT2D eigenvalue weighted by Crippen LogP contribution is 2.39. The number of benzene rings is 1. The van der Waals surface area contributed by atoms with Gasteiger partial charge in [-0.1, -0.05) is 13.8 Å². The molecule has 0 radical (unpaired) electrons. The topological polar surface area (TPSA) is 43.1 Å². The maximum atomic E-state index is 13.1. The molecule has 2 nitrogen and oxygen atoms in total. The van der Waals surface area contributed by atoms with Crippen LogP contribution >= 0.6 is 0 Å². The second-order valence-corrected chi connectivity index (χ2v) is 7.14. The highest BCUT2D eigenvalue weighted by molar-refractivity contribution is 7.85. The lowest BCUT2D eigenvalue weighted by atomic mass is 9.88. The Labute approximate surface area is 108 Å². The maximum Gasteiger partial charge on any atom is 0.160 e. The van der Waals surface area contributed by atoms with Crippen LogP contribution in [-0.4, -0.2) is 15.5 Å². The monoisotopic (exact) mass is 273 g/mol. The first kappa shape index (κ1) is 13.6. The molecular formula is C13H17F2NOS. The van der Waals surface area contributed by atoms with Crippen LogP contribution in [0.4, 0.5) is 8.78 Å². The third-order valence-electron chi connectivity index (χ3n) is 3.77. The normalized spacial score (nSPS) is 28.3. The van der Waals surface area contributed by atoms with E-state index in [9.17, 15) is 13.0 Å². The van der Waals surface area contributed by atoms with Gasteiger partial charge in [0.05, 0.1) is 16.0 Å². The lowest BCUT2D eigenvalue weighted by Gasteiger charge is -2.26. The summed E-state index contributed by atoms with van der Waals surface area (Å²) in [4.78, 5) is 0.312. The van der Waals surface area contributed by atoms with E-state index in [1.807, 2.05) is 13.8 Å². The van der Waals surface area contributed by atoms with E-state index in [2.05, 4.69) is 0 Å². The molecular weight excluding hydrogens is 256 g/mol. The van der Waals surface area contributed by atoms with Gasteiger partial charge >= 0.3 is 0 Å². The predicted octanol–water partition coefficient (Wildman–Crippen LogP) is 2.59. The van der Waals surface area contributed by atoms with Gasteiger partial charge in [0.1, 0.15) is 0 Å². The second kappa shape index (κ2) is 4.70. The Morgan fingerprint density at radius 1 is 1.33 bits per heavy atom. The van der Waals surface area contributed by atoms with Crippen molar-refractivity contribution in [1.29, 1.82) is 0 Å². The van der Waals surface area contributed by atoms with Crippen molar-refractivity contribution in [2.75, 3.05) is 0 Å². The molecule has 1 aromatic rings. The minimum absolute atomic E-state index is 0.0566. The van der Waals surface area contributed by atoms with Gasteiger partial charge in [0.25, 0.3) is 0 Å². The van der Waals surface area contributed by atoms with Gasteiger partial charge in [0, 0.05) is 10.9 Å². The Morgan fingerprint density at radius 3 is 2.50 bits per heavy atom. The van der Waals surface area contributed by atoms with Crippen molar-refractivity contribution in [3.63, 3.8) is 0 Å². The summed E-state index contributed by atoms with van der Waals surface area (Å²) in [7, 11) is -1.39. The fourth-order valence-corrected chi connectivity index (χ4v) is 4.12. The van der Waals surface area contributed by atoms with Gasteiger partial charge in [-0.2, -0.15) is 0 Å². The highest BCUT2D eigenvalue weighted by Gasteiger charge is 2.42. The van der Waals surface area contributed by atoms with Crippen LogP contribution in [0, 0.1) is 17.0 Å². The smallest absolute Gasteiger partial charge is 0.160 e. The zero-order valence-corrected chi connectivity index (χ0v) is 11.3. The van der Waals surface area contributed by atoms with Crippen molar-refractivity contribution in [3.05, 3.63) is 29.8 Å². The standard InChI is InChI=1S/C13H17F2NOS/c1-13(2)6-5-11(12(13)16)18(17)8-3-4-9(14)10(15)7-8/h3-4,7,11-12H,5-6,16H2,1-2H3. The number of hydrogen-bond acceptors (Lipinski definition) is 2. The van der Waals surface area contributed by atoms with Gasteiger partial charge in [0.15, 0.2) is 11.6 Å². The molecule has 0 aromatic heterocycles. The molecule has 0 bridgehead atoms. The molecule has 3 atom stereocenters. The Bertz CT molecular complexity index is 490. The first-order chi connectivity index (χ1) is 8.33. The molecule has 3 unspecified atom stereocenters. The van der Waals surface area contributed by atoms with Gasteiger partial charge in [0.2, 0.25) is 0 Å². The van der Waals surface area contributed by atoms with Crippen molar-refractivity contribution in [2.45, 2.75) is 42.9 Å². The van der Waals surface area contributed by atoms with E-state index in [1.54, 1.807) is 0 Å². The van der Waals surface area contributed by atoms with Crippen molar-refractivity contribution in [1.82, 2.24) is 0 Å². The summed E-state index contributed by atoms with van der Waals surface area (Å²) in [6, 6.07) is 3.19. The fraction of sp³-hybridized carbons (Fsp3) is 0.538. The largest absolute Gasteiger partial charge is 0.326 e. The minimum atomic E-state index is -1.39. The molecule has 0 spiro atoms. The fourth-order valence-electron chi connectivity index (χ4n) is 2.38. The van der Waals surface area contributed by atoms with Gasteiger partial charge in [-0.25, -0.2) is 8.78 Å². The predicted molar refractivity (Wildman–Crippen MR) is 67.5 cm³/mol. The van der Waals surface area contributed by atoms with E-state index in [4.69, 9.17) is 5.73 Å². The lowest BCUT2D eigenvalue weighted by molar-refractivity contribution is 0.333. The molecule has 100 valence electrons. The molecule has 0 heterocycles. The molecule has 0 amide bonds. The van der Waals surface area contributed by atoms with Gasteiger partial charge in [-0.3, -0.25) is 4.21 Å². The summed E-state index contributed by atoms with van der Waals surface area (Å²) in [6.07, 6.45) is 1.65. The van der Waals surface area contributed by atoms with Gasteiger partial charge in [-0.15, -0.1) is 0 Å². The first-order valence-corrected chi connectivity index (χ1v) is 7.15. The molecule has 0 aliphatic heterocycles. The van der Waals surface area contributed by atoms with Crippen LogP contribution in [0.5, 0.6) is 0 Å². The van der Waals surface area contributed by atoms with Crippen molar-refractivity contribution in [2.24, 2.45) is 11.1 Å². The summed E-state index contributed by atoms with van der Waals surface area (Å²) in [6.45, 7) is 4.08. The zero-order valence-electron chi connectivity index (χ0n) is 10.5. The van der Waals surface area contributed by atoms with E-state index in [0.717, 1.165) is 25.0 Å². The molecule has 0 saturated heterocycles. The minimum Gasteiger partial charge on any atom is -0.326 e. The first-order valence-electron chi connectivity index (χ1n) is 5.94. The molecule has 18 heavy (non-hydrogen) atoms. The Hall–Kier alpha value is -0.810. The third kappa shape index (κ3) is 2.34. The Kier molecular flexibility index (Phi) is 3.56. The van der Waals surface area contributed by atoms with E-state index in [1.165, 1.54) is 6.07 Å². The van der Waals surface area contributed by atoms with E-state index in [-0.39, 0.29) is 16.7 Å². The molecule has 5 heteroatoms. The molecule has 1 aromatic carbocycles. The van der Waals surface area contributed by atoms with Gasteiger partial charge < -0.3 is 5.73 Å². The van der Waals surface area contributed by atoms with E-state index < -0.39 is 22.4 Å². The van der Waals surface area contributed by atoms with Crippen molar-refractivity contribution < 1.29 is 13.0 Å². The zero-order chi connectivity index (χ0) is 13.5. The van der Waals surface area contributed by atoms with E-state index >= 15 is 0 Å². The van der Waals surface area contributed by atoms with Crippen molar-refractivity contribution >= 4 is 10.8 Å². The average Bonchev–Trinajstić information content (AvgIpc) is 2.57. The summed E-state index contributed by atoms with van der Waals surface area (Å²) >= 11 is 0. The highest BCUT2D eigenvalue weighted by atomic mass is 32.2. The number of rotatable bonds is 2. The van der Waals surface area contributed by atoms with E-state index in [0.29, 0.717) is 4.90 Å². The lowest BCUT2D eigenvalue weighted by Crippen LogP contribution is -2.41. The number of halogens is 2. The molecule has 1 fully saturated rings. The summed E-state index contributed by atoms with van der Waals surface area (Å²) < 4.78 is 38.3. The molecule has 1 aliphatic carbocycles. The third-order valence-corrected chi connectivity index (χ3v) is 5.57. The van der Waals surface area contributed by atoms with Crippen LogP contribution in [0.2, 0.25) is 0 Å². The molecule has 1 aliphatic rings. The molecule has 1 saturated carbocycles. The molecule has 2 rings (SSSR count). The maximum absolute atomic E-state index is 13.1. The number of nitrogens with two attached hydrogens (primary N) is 1.